The van der Waals surface area contributed by atoms with Gasteiger partial charge in [0.05, 0.1) is 12.3 Å². The van der Waals surface area contributed by atoms with Gasteiger partial charge in [0, 0.05) is 6.42 Å². The van der Waals surface area contributed by atoms with Crippen LogP contribution >= 0.6 is 0 Å². The number of carbonyl (C=O) groups is 1. The molecule has 2 heterocycles. The van der Waals surface area contributed by atoms with Gasteiger partial charge in [-0.3, -0.25) is 5.32 Å². The number of benzene rings is 1. The molecule has 3 aromatic rings. The second kappa shape index (κ2) is 14.1. The van der Waals surface area contributed by atoms with Gasteiger partial charge >= 0.3 is 12.3 Å². The van der Waals surface area contributed by atoms with Crippen molar-refractivity contribution >= 4 is 11.8 Å². The first kappa shape index (κ1) is 32.3. The number of allylic oxidation sites excluding steroid dienone is 1. The van der Waals surface area contributed by atoms with Crippen LogP contribution in [0.25, 0.3) is 11.6 Å². The van der Waals surface area contributed by atoms with Crippen molar-refractivity contribution in [3.8, 4) is 17.5 Å². The Kier molecular flexibility index (Phi) is 10.9. The van der Waals surface area contributed by atoms with E-state index in [2.05, 4.69) is 33.7 Å². The van der Waals surface area contributed by atoms with Crippen molar-refractivity contribution in [1.29, 1.82) is 0 Å². The third kappa shape index (κ3) is 9.44. The summed E-state index contributed by atoms with van der Waals surface area (Å²) in [7, 11) is 0. The third-order valence-corrected chi connectivity index (χ3v) is 5.59. The van der Waals surface area contributed by atoms with Crippen LogP contribution in [0.3, 0.4) is 0 Å². The number of hydrogen-bond acceptors (Lipinski definition) is 8. The van der Waals surface area contributed by atoms with Crippen LogP contribution < -0.4 is 10.1 Å². The minimum atomic E-state index is -4.86. The SMILES string of the molecule is C=CCCC(OCc1ccccc1)c1nnc(-c2nc(O[C@H](C)CC=C)c(C(F)(F)F)cc2NC(=O)OC(C)(C)C)o1. The smallest absolute Gasteiger partial charge is 0.421 e. The van der Waals surface area contributed by atoms with Crippen molar-refractivity contribution in [1.82, 2.24) is 15.2 Å². The molecule has 226 valence electrons. The summed E-state index contributed by atoms with van der Waals surface area (Å²) in [6.07, 6.45) is -2.67. The Hall–Kier alpha value is -4.19. The highest BCUT2D eigenvalue weighted by molar-refractivity contribution is 5.89. The normalized spacial score (nSPS) is 13.2. The molecule has 0 fully saturated rings. The molecule has 0 radical (unpaired) electrons. The van der Waals surface area contributed by atoms with E-state index in [0.29, 0.717) is 18.9 Å². The molecule has 1 aromatic carbocycles. The first-order valence-electron chi connectivity index (χ1n) is 13.3. The molecule has 1 N–H and O–H groups in total. The molecule has 2 aromatic heterocycles. The minimum Gasteiger partial charge on any atom is -0.474 e. The maximum atomic E-state index is 14.1. The lowest BCUT2D eigenvalue weighted by Gasteiger charge is -2.22. The van der Waals surface area contributed by atoms with E-state index in [-0.39, 0.29) is 36.2 Å². The number of aromatic nitrogens is 3. The zero-order chi connectivity index (χ0) is 30.9. The molecule has 0 aliphatic heterocycles. The van der Waals surface area contributed by atoms with Gasteiger partial charge in [-0.05, 0) is 52.2 Å². The standard InChI is InChI=1S/C30H35F3N4O5/c1-7-9-16-23(39-18-20-14-11-10-12-15-20)26-36-37-27(41-26)24-22(34-28(38)42-29(4,5)6)17-21(30(31,32)33)25(35-24)40-19(3)13-8-2/h7-8,10-12,14-15,17,19,23H,1-2,9,13,16,18H2,3-6H3,(H,34,38)/t19-,23?/m1/s1. The van der Waals surface area contributed by atoms with Gasteiger partial charge in [-0.1, -0.05) is 42.5 Å². The number of nitrogens with one attached hydrogen (secondary N) is 1. The average molecular weight is 589 g/mol. The van der Waals surface area contributed by atoms with Crippen molar-refractivity contribution in [3.05, 3.63) is 78.7 Å². The van der Waals surface area contributed by atoms with E-state index in [9.17, 15) is 18.0 Å². The van der Waals surface area contributed by atoms with Crippen LogP contribution in [0.4, 0.5) is 23.7 Å². The third-order valence-electron chi connectivity index (χ3n) is 5.59. The van der Waals surface area contributed by atoms with Gasteiger partial charge in [-0.15, -0.1) is 23.4 Å². The monoisotopic (exact) mass is 588 g/mol. The highest BCUT2D eigenvalue weighted by Crippen LogP contribution is 2.41. The molecule has 0 bridgehead atoms. The Labute approximate surface area is 242 Å². The van der Waals surface area contributed by atoms with E-state index in [1.54, 1.807) is 33.8 Å². The van der Waals surface area contributed by atoms with E-state index in [4.69, 9.17) is 18.6 Å². The lowest BCUT2D eigenvalue weighted by molar-refractivity contribution is -0.139. The van der Waals surface area contributed by atoms with E-state index in [1.165, 1.54) is 6.08 Å². The van der Waals surface area contributed by atoms with Gasteiger partial charge < -0.3 is 18.6 Å². The van der Waals surface area contributed by atoms with E-state index < -0.39 is 41.5 Å². The van der Waals surface area contributed by atoms with Gasteiger partial charge in [0.1, 0.15) is 23.4 Å². The van der Waals surface area contributed by atoms with Crippen molar-refractivity contribution < 1.29 is 36.6 Å². The summed E-state index contributed by atoms with van der Waals surface area (Å²) in [5, 5.41) is 10.5. The minimum absolute atomic E-state index is 0.0789. The van der Waals surface area contributed by atoms with Crippen LogP contribution in [0.5, 0.6) is 5.88 Å². The van der Waals surface area contributed by atoms with Crippen molar-refractivity contribution in [2.75, 3.05) is 5.32 Å². The molecule has 1 amide bonds. The first-order valence-corrected chi connectivity index (χ1v) is 13.3. The summed E-state index contributed by atoms with van der Waals surface area (Å²) in [5.41, 5.74) is -1.80. The highest BCUT2D eigenvalue weighted by atomic mass is 19.4. The molecule has 0 saturated carbocycles. The quantitative estimate of drug-likeness (QED) is 0.200. The molecule has 0 aliphatic rings. The number of ether oxygens (including phenoxy) is 3. The molecule has 42 heavy (non-hydrogen) atoms. The Morgan fingerprint density at radius 3 is 2.45 bits per heavy atom. The molecule has 0 spiro atoms. The number of amides is 1. The van der Waals surface area contributed by atoms with Crippen LogP contribution in [0.1, 0.15) is 70.1 Å². The lowest BCUT2D eigenvalue weighted by atomic mass is 10.1. The summed E-state index contributed by atoms with van der Waals surface area (Å²) in [6, 6.07) is 10.2. The van der Waals surface area contributed by atoms with Crippen LogP contribution in [0.15, 0.2) is 66.1 Å². The molecule has 9 nitrogen and oxygen atoms in total. The zero-order valence-corrected chi connectivity index (χ0v) is 24.0. The summed E-state index contributed by atoms with van der Waals surface area (Å²) in [4.78, 5) is 16.7. The van der Waals surface area contributed by atoms with Crippen LogP contribution in [-0.4, -0.2) is 33.0 Å². The van der Waals surface area contributed by atoms with Crippen LogP contribution in [0.2, 0.25) is 0 Å². The highest BCUT2D eigenvalue weighted by Gasteiger charge is 2.38. The van der Waals surface area contributed by atoms with Gasteiger partial charge in [0.15, 0.2) is 5.69 Å². The molecule has 1 unspecified atom stereocenters. The summed E-state index contributed by atoms with van der Waals surface area (Å²) in [6.45, 7) is 14.0. The number of nitrogens with zero attached hydrogens (tertiary/aromatic N) is 3. The first-order chi connectivity index (χ1) is 19.8. The second-order valence-corrected chi connectivity index (χ2v) is 10.4. The van der Waals surface area contributed by atoms with Crippen LogP contribution in [0, 0.1) is 0 Å². The van der Waals surface area contributed by atoms with E-state index >= 15 is 0 Å². The Morgan fingerprint density at radius 1 is 1.12 bits per heavy atom. The largest absolute Gasteiger partial charge is 0.474 e. The van der Waals surface area contributed by atoms with Gasteiger partial charge in [-0.25, -0.2) is 9.78 Å². The maximum Gasteiger partial charge on any atom is 0.421 e. The summed E-state index contributed by atoms with van der Waals surface area (Å²) in [5.74, 6) is -0.891. The van der Waals surface area contributed by atoms with E-state index in [0.717, 1.165) is 5.56 Å². The predicted octanol–water partition coefficient (Wildman–Crippen LogP) is 8.06. The van der Waals surface area contributed by atoms with Crippen molar-refractivity contribution in [3.63, 3.8) is 0 Å². The fourth-order valence-electron chi connectivity index (χ4n) is 3.71. The number of rotatable bonds is 13. The number of anilines is 1. The molecule has 0 saturated heterocycles. The Bertz CT molecular complexity index is 1350. The van der Waals surface area contributed by atoms with Crippen LogP contribution in [-0.2, 0) is 22.3 Å². The average Bonchev–Trinajstić information content (AvgIpc) is 3.38. The predicted molar refractivity (Wildman–Crippen MR) is 151 cm³/mol. The number of alkyl halides is 3. The van der Waals surface area contributed by atoms with Gasteiger partial charge in [0.2, 0.25) is 11.8 Å². The maximum absolute atomic E-state index is 14.1. The number of hydrogen-bond donors (Lipinski definition) is 1. The molecular weight excluding hydrogens is 553 g/mol. The van der Waals surface area contributed by atoms with E-state index in [1.807, 2.05) is 30.3 Å². The lowest BCUT2D eigenvalue weighted by Crippen LogP contribution is -2.27. The fourth-order valence-corrected chi connectivity index (χ4v) is 3.71. The van der Waals surface area contributed by atoms with Gasteiger partial charge in [-0.2, -0.15) is 13.2 Å². The Morgan fingerprint density at radius 2 is 1.83 bits per heavy atom. The summed E-state index contributed by atoms with van der Waals surface area (Å²) >= 11 is 0. The van der Waals surface area contributed by atoms with Crippen molar-refractivity contribution in [2.24, 2.45) is 0 Å². The topological polar surface area (TPSA) is 109 Å². The number of pyridine rings is 1. The van der Waals surface area contributed by atoms with Crippen molar-refractivity contribution in [2.45, 2.75) is 77.5 Å². The number of carbonyl (C=O) groups excluding carboxylic acids is 1. The Balaban J connectivity index is 2.06. The molecule has 3 rings (SSSR count). The zero-order valence-electron chi connectivity index (χ0n) is 24.0. The molecular formula is C30H35F3N4O5. The molecule has 2 atom stereocenters. The second-order valence-electron chi connectivity index (χ2n) is 10.4. The number of halogens is 3. The molecule has 12 heteroatoms. The summed E-state index contributed by atoms with van der Waals surface area (Å²) < 4.78 is 65.0. The van der Waals surface area contributed by atoms with Gasteiger partial charge in [0.25, 0.3) is 5.89 Å². The fraction of sp³-hybridized carbons (Fsp3) is 0.400. The molecule has 0 aliphatic carbocycles.